The number of hydrogen-bond acceptors (Lipinski definition) is 10. The van der Waals surface area contributed by atoms with E-state index in [4.69, 9.17) is 14.2 Å². The van der Waals surface area contributed by atoms with E-state index in [1.54, 1.807) is 6.08 Å². The van der Waals surface area contributed by atoms with Gasteiger partial charge in [0.2, 0.25) is 5.91 Å². The molecule has 0 aliphatic carbocycles. The standard InChI is InChI=1S/C57H97NO10/c1-3-5-7-9-11-13-15-16-21-25-29-33-37-41-45-53(62)66-46-42-38-34-30-26-22-19-17-18-20-24-28-32-36-40-44-52(61)58-49(48-67-57-56(65)55(64)54(63)51(47-59)68-57)50(60)43-39-35-31-27-23-14-12-10-8-6-4-2/h8-11,15-17,19,22-23,26-27,39,43,49-51,54-57,59-60,63-65H,3-7,12-14,18,20-21,24-25,28-38,40-42,44-48H2,1-2H3,(H,58,61)/b10-8+,11-9-,16-15-,19-17-,26-22-,27-23+,43-39+. The predicted molar refractivity (Wildman–Crippen MR) is 278 cm³/mol. The lowest BCUT2D eigenvalue weighted by Crippen LogP contribution is -2.60. The molecule has 68 heavy (non-hydrogen) atoms. The van der Waals surface area contributed by atoms with Gasteiger partial charge in [0.1, 0.15) is 24.4 Å². The number of carbonyl (C=O) groups excluding carboxylic acids is 2. The van der Waals surface area contributed by atoms with E-state index in [1.807, 2.05) is 6.08 Å². The van der Waals surface area contributed by atoms with Gasteiger partial charge in [0.25, 0.3) is 0 Å². The molecule has 1 fully saturated rings. The van der Waals surface area contributed by atoms with E-state index in [1.165, 1.54) is 38.5 Å². The molecule has 1 aliphatic rings. The third kappa shape index (κ3) is 35.9. The van der Waals surface area contributed by atoms with Crippen molar-refractivity contribution in [2.75, 3.05) is 19.8 Å². The molecule has 0 radical (unpaired) electrons. The van der Waals surface area contributed by atoms with E-state index in [2.05, 4.69) is 92.1 Å². The highest BCUT2D eigenvalue weighted by molar-refractivity contribution is 5.76. The first-order valence-electron chi connectivity index (χ1n) is 26.9. The van der Waals surface area contributed by atoms with Crippen molar-refractivity contribution in [1.82, 2.24) is 5.32 Å². The Morgan fingerprint density at radius 1 is 0.559 bits per heavy atom. The maximum Gasteiger partial charge on any atom is 0.305 e. The number of nitrogens with one attached hydrogen (secondary N) is 1. The summed E-state index contributed by atoms with van der Waals surface area (Å²) in [4.78, 5) is 25.0. The van der Waals surface area contributed by atoms with Crippen LogP contribution in [0.2, 0.25) is 0 Å². The molecule has 0 aromatic carbocycles. The Morgan fingerprint density at radius 3 is 1.68 bits per heavy atom. The maximum absolute atomic E-state index is 13.0. The van der Waals surface area contributed by atoms with Gasteiger partial charge in [0.15, 0.2) is 6.29 Å². The molecule has 0 saturated carbocycles. The number of carbonyl (C=O) groups is 2. The number of hydrogen-bond donors (Lipinski definition) is 6. The summed E-state index contributed by atoms with van der Waals surface area (Å²) < 4.78 is 16.6. The maximum atomic E-state index is 13.0. The number of unbranched alkanes of at least 4 members (excludes halogenated alkanes) is 19. The highest BCUT2D eigenvalue weighted by Gasteiger charge is 2.44. The lowest BCUT2D eigenvalue weighted by Gasteiger charge is -2.40. The van der Waals surface area contributed by atoms with Crippen molar-refractivity contribution in [2.24, 2.45) is 0 Å². The Morgan fingerprint density at radius 2 is 1.07 bits per heavy atom. The number of amides is 1. The summed E-state index contributed by atoms with van der Waals surface area (Å²) in [5, 5.41) is 54.1. The number of allylic oxidation sites excluding steroid dienone is 13. The minimum Gasteiger partial charge on any atom is -0.466 e. The second-order valence-corrected chi connectivity index (χ2v) is 18.2. The second kappa shape index (κ2) is 46.2. The lowest BCUT2D eigenvalue weighted by atomic mass is 9.99. The molecule has 1 aliphatic heterocycles. The van der Waals surface area contributed by atoms with Gasteiger partial charge in [0.05, 0.1) is 32.0 Å². The zero-order chi connectivity index (χ0) is 49.6. The van der Waals surface area contributed by atoms with Gasteiger partial charge in [0, 0.05) is 12.8 Å². The average Bonchev–Trinajstić information content (AvgIpc) is 3.33. The number of aliphatic hydroxyl groups excluding tert-OH is 5. The first-order valence-corrected chi connectivity index (χ1v) is 26.9. The van der Waals surface area contributed by atoms with Gasteiger partial charge in [-0.2, -0.15) is 0 Å². The number of esters is 1. The minimum absolute atomic E-state index is 0.0589. The summed E-state index contributed by atoms with van der Waals surface area (Å²) in [7, 11) is 0. The average molecular weight is 956 g/mol. The van der Waals surface area contributed by atoms with Crippen LogP contribution < -0.4 is 5.32 Å². The Hall–Kier alpha value is -3.16. The molecule has 7 unspecified atom stereocenters. The van der Waals surface area contributed by atoms with Gasteiger partial charge in [-0.15, -0.1) is 0 Å². The van der Waals surface area contributed by atoms with E-state index in [0.29, 0.717) is 32.3 Å². The highest BCUT2D eigenvalue weighted by atomic mass is 16.7. The van der Waals surface area contributed by atoms with Crippen molar-refractivity contribution in [3.63, 3.8) is 0 Å². The van der Waals surface area contributed by atoms with E-state index in [-0.39, 0.29) is 18.5 Å². The third-order valence-corrected chi connectivity index (χ3v) is 11.9. The van der Waals surface area contributed by atoms with Gasteiger partial charge in [-0.3, -0.25) is 9.59 Å². The summed E-state index contributed by atoms with van der Waals surface area (Å²) in [6, 6.07) is -0.853. The zero-order valence-electron chi connectivity index (χ0n) is 42.5. The fourth-order valence-electron chi connectivity index (χ4n) is 7.60. The number of ether oxygens (including phenoxy) is 3. The Labute approximate surface area is 413 Å². The summed E-state index contributed by atoms with van der Waals surface area (Å²) >= 11 is 0. The Bertz CT molecular complexity index is 1400. The molecule has 0 aromatic rings. The van der Waals surface area contributed by atoms with E-state index in [0.717, 1.165) is 122 Å². The fourth-order valence-corrected chi connectivity index (χ4v) is 7.60. The van der Waals surface area contributed by atoms with Crippen LogP contribution in [-0.2, 0) is 23.8 Å². The molecule has 0 bridgehead atoms. The monoisotopic (exact) mass is 956 g/mol. The highest BCUT2D eigenvalue weighted by Crippen LogP contribution is 2.22. The quantitative estimate of drug-likeness (QED) is 0.0149. The fraction of sp³-hybridized carbons (Fsp3) is 0.719. The van der Waals surface area contributed by atoms with Crippen LogP contribution in [0.3, 0.4) is 0 Å². The Balaban J connectivity index is 2.18. The van der Waals surface area contributed by atoms with Crippen molar-refractivity contribution in [3.8, 4) is 0 Å². The first-order chi connectivity index (χ1) is 33.2. The number of rotatable bonds is 44. The molecule has 0 spiro atoms. The lowest BCUT2D eigenvalue weighted by molar-refractivity contribution is -0.302. The molecule has 6 N–H and O–H groups in total. The molecular weight excluding hydrogens is 859 g/mol. The molecule has 11 nitrogen and oxygen atoms in total. The van der Waals surface area contributed by atoms with E-state index in [9.17, 15) is 35.1 Å². The van der Waals surface area contributed by atoms with Crippen LogP contribution in [0, 0.1) is 0 Å². The van der Waals surface area contributed by atoms with Crippen LogP contribution >= 0.6 is 0 Å². The van der Waals surface area contributed by atoms with Gasteiger partial charge in [-0.1, -0.05) is 163 Å². The normalized spacial score (nSPS) is 20.1. The molecule has 7 atom stereocenters. The van der Waals surface area contributed by atoms with Gasteiger partial charge in [-0.25, -0.2) is 0 Å². The first kappa shape index (κ1) is 62.9. The molecule has 1 saturated heterocycles. The minimum atomic E-state index is -1.59. The molecule has 1 amide bonds. The SMILES string of the molecule is CCC/C=C/CC/C=C/CC/C=C/C(O)C(COC1OC(CO)C(O)C(O)C1O)NC(=O)CCCCCCCC/C=C\C=C/CCCCCOC(=O)CCCCCCC/C=C\C/C=C\CCCC. The molecule has 1 rings (SSSR count). The van der Waals surface area contributed by atoms with E-state index >= 15 is 0 Å². The topological polar surface area (TPSA) is 175 Å². The second-order valence-electron chi connectivity index (χ2n) is 18.2. The van der Waals surface area contributed by atoms with Gasteiger partial charge in [-0.05, 0) is 109 Å². The molecule has 11 heteroatoms. The van der Waals surface area contributed by atoms with Crippen molar-refractivity contribution in [2.45, 2.75) is 243 Å². The van der Waals surface area contributed by atoms with Crippen LogP contribution in [0.15, 0.2) is 85.1 Å². The van der Waals surface area contributed by atoms with Crippen molar-refractivity contribution in [1.29, 1.82) is 0 Å². The Kier molecular flexibility index (Phi) is 42.7. The van der Waals surface area contributed by atoms with Crippen LogP contribution in [0.1, 0.15) is 200 Å². The number of aliphatic hydroxyl groups is 5. The zero-order valence-corrected chi connectivity index (χ0v) is 42.5. The summed E-state index contributed by atoms with van der Waals surface area (Å²) in [5.74, 6) is -0.283. The van der Waals surface area contributed by atoms with Crippen molar-refractivity contribution in [3.05, 3.63) is 85.1 Å². The molecule has 1 heterocycles. The van der Waals surface area contributed by atoms with Crippen LogP contribution in [0.5, 0.6) is 0 Å². The summed E-state index contributed by atoms with van der Waals surface area (Å²) in [6.07, 6.45) is 51.0. The van der Waals surface area contributed by atoms with Gasteiger partial charge < -0.3 is 45.1 Å². The molecule has 390 valence electrons. The van der Waals surface area contributed by atoms with Crippen LogP contribution in [0.25, 0.3) is 0 Å². The molecular formula is C57H97NO10. The van der Waals surface area contributed by atoms with E-state index < -0.39 is 49.5 Å². The van der Waals surface area contributed by atoms with Gasteiger partial charge >= 0.3 is 5.97 Å². The van der Waals surface area contributed by atoms with Crippen molar-refractivity contribution < 1.29 is 49.3 Å². The third-order valence-electron chi connectivity index (χ3n) is 11.9. The summed E-state index contributed by atoms with van der Waals surface area (Å²) in [5.41, 5.74) is 0. The smallest absolute Gasteiger partial charge is 0.305 e. The largest absolute Gasteiger partial charge is 0.466 e. The van der Waals surface area contributed by atoms with Crippen LogP contribution in [-0.4, -0.2) is 100 Å². The summed E-state index contributed by atoms with van der Waals surface area (Å²) in [6.45, 7) is 4.09. The van der Waals surface area contributed by atoms with Crippen molar-refractivity contribution >= 4 is 11.9 Å². The van der Waals surface area contributed by atoms with Crippen LogP contribution in [0.4, 0.5) is 0 Å². The molecule has 0 aromatic heterocycles. The predicted octanol–water partition coefficient (Wildman–Crippen LogP) is 11.4.